The van der Waals surface area contributed by atoms with E-state index in [1.54, 1.807) is 0 Å². The zero-order chi connectivity index (χ0) is 34.4. The Labute approximate surface area is 291 Å². The quantitative estimate of drug-likeness (QED) is 0.151. The van der Waals surface area contributed by atoms with Crippen LogP contribution in [0.4, 0.5) is 24.7 Å². The number of fused-ring (bicyclic) bond motifs is 5. The van der Waals surface area contributed by atoms with Crippen molar-refractivity contribution < 1.29 is 18.3 Å². The van der Waals surface area contributed by atoms with Crippen molar-refractivity contribution in [1.82, 2.24) is 10.3 Å². The highest BCUT2D eigenvalue weighted by Gasteiger charge is 2.42. The summed E-state index contributed by atoms with van der Waals surface area (Å²) in [5.41, 5.74) is 17.5. The van der Waals surface area contributed by atoms with E-state index in [1.807, 2.05) is 30.3 Å². The second kappa shape index (κ2) is 13.3. The van der Waals surface area contributed by atoms with Crippen LogP contribution >= 0.6 is 0 Å². The number of nitrogens with one attached hydrogen (secondary N) is 2. The number of anilines is 2. The number of rotatable bonds is 3. The van der Waals surface area contributed by atoms with Gasteiger partial charge in [0.2, 0.25) is 0 Å². The average molecular weight is 677 g/mol. The Kier molecular flexibility index (Phi) is 8.69. The number of aromatic amines is 1. The summed E-state index contributed by atoms with van der Waals surface area (Å²) < 4.78 is 40.4. The number of hydrogen-bond acceptors (Lipinski definition) is 4. The molecule has 1 saturated carbocycles. The van der Waals surface area contributed by atoms with Crippen molar-refractivity contribution in [2.45, 2.75) is 75.2 Å². The Morgan fingerprint density at radius 1 is 0.800 bits per heavy atom. The molecule has 2 unspecified atom stereocenters. The number of alkyl halides is 3. The molecule has 0 radical (unpaired) electrons. The van der Waals surface area contributed by atoms with Crippen molar-refractivity contribution in [1.29, 1.82) is 0 Å². The largest absolute Gasteiger partial charge is 0.403 e. The van der Waals surface area contributed by atoms with E-state index in [1.165, 1.54) is 38.8 Å². The fourth-order valence-corrected chi connectivity index (χ4v) is 8.74. The second-order valence-corrected chi connectivity index (χ2v) is 14.2. The van der Waals surface area contributed by atoms with Crippen molar-refractivity contribution in [3.8, 4) is 11.1 Å². The fraction of sp³-hybridized carbons (Fsp3) is 0.333. The topological polar surface area (TPSA) is 77.3 Å². The number of aliphatic hydroxyl groups excluding tert-OH is 1. The highest BCUT2D eigenvalue weighted by molar-refractivity contribution is 5.95. The Morgan fingerprint density at radius 3 is 2.34 bits per heavy atom. The Hall–Kier alpha value is -4.53. The monoisotopic (exact) mass is 676 g/mol. The zero-order valence-electron chi connectivity index (χ0n) is 28.0. The van der Waals surface area contributed by atoms with E-state index in [-0.39, 0.29) is 24.5 Å². The van der Waals surface area contributed by atoms with E-state index in [2.05, 4.69) is 81.9 Å². The first-order valence-electron chi connectivity index (χ1n) is 17.9. The van der Waals surface area contributed by atoms with Crippen LogP contribution in [-0.2, 0) is 6.42 Å². The van der Waals surface area contributed by atoms with Crippen LogP contribution in [0.25, 0.3) is 27.6 Å². The standard InChI is InChI=1S/C34H35F3N2O.C8H8N2/c35-34(36,37)32-16-13-22(20-38-32)24-14-15-25-23-8-2-1-7-21(23)19-28(25)33(24)27-17-18-39(29-10-4-3-9-26(27)29)30-11-5-6-12-31(30)40;9-8-5-6-3-1-2-4-7(6)10-8/h1-4,7-10,14-15,17,22,30-32,38,40H,5-6,11-13,16,18-20H2;1-5,10H,9H2/t22?,30-,31-,32?;/m0./s1. The smallest absolute Gasteiger partial charge is 0.391 e. The second-order valence-electron chi connectivity index (χ2n) is 14.2. The average Bonchev–Trinajstić information content (AvgIpc) is 3.71. The predicted molar refractivity (Wildman–Crippen MR) is 196 cm³/mol. The molecule has 4 aliphatic rings. The summed E-state index contributed by atoms with van der Waals surface area (Å²) in [7, 11) is 0. The Bertz CT molecular complexity index is 2010. The van der Waals surface area contributed by atoms with Crippen molar-refractivity contribution in [2.75, 3.05) is 23.7 Å². The number of aliphatic hydroxyl groups is 1. The van der Waals surface area contributed by atoms with Crippen LogP contribution < -0.4 is 16.0 Å². The maximum atomic E-state index is 13.5. The van der Waals surface area contributed by atoms with E-state index < -0.39 is 12.2 Å². The molecule has 0 spiro atoms. The minimum absolute atomic E-state index is 0.00821. The van der Waals surface area contributed by atoms with Gasteiger partial charge in [0.15, 0.2) is 0 Å². The van der Waals surface area contributed by atoms with Crippen molar-refractivity contribution in [3.05, 3.63) is 125 Å². The summed E-state index contributed by atoms with van der Waals surface area (Å²) in [4.78, 5) is 5.41. The molecule has 0 bridgehead atoms. The molecule has 258 valence electrons. The summed E-state index contributed by atoms with van der Waals surface area (Å²) in [5, 5.41) is 14.9. The Balaban J connectivity index is 0.000000309. The SMILES string of the molecule is Nc1cc2ccccc2[nH]1.O[C@H]1CCCC[C@@H]1N1CC=C(c2c(C3CCC(C(F)(F)F)NC3)ccc3c2Cc2ccccc2-3)c2ccccc21. The summed E-state index contributed by atoms with van der Waals surface area (Å²) in [6.45, 7) is 1.03. The number of aromatic nitrogens is 1. The van der Waals surface area contributed by atoms with Crippen LogP contribution in [0.1, 0.15) is 72.3 Å². The molecule has 1 saturated heterocycles. The third kappa shape index (κ3) is 6.09. The summed E-state index contributed by atoms with van der Waals surface area (Å²) in [5.74, 6) is 0.732. The van der Waals surface area contributed by atoms with Gasteiger partial charge in [-0.25, -0.2) is 0 Å². The lowest BCUT2D eigenvalue weighted by atomic mass is 9.78. The van der Waals surface area contributed by atoms with Crippen LogP contribution in [0.3, 0.4) is 0 Å². The maximum Gasteiger partial charge on any atom is 0.403 e. The molecular formula is C42H43F3N4O. The van der Waals surface area contributed by atoms with E-state index in [0.717, 1.165) is 60.3 Å². The van der Waals surface area contributed by atoms with Crippen LogP contribution in [0.2, 0.25) is 0 Å². The summed E-state index contributed by atoms with van der Waals surface area (Å²) in [6.07, 6.45) is 3.18. The lowest BCUT2D eigenvalue weighted by molar-refractivity contribution is -0.160. The maximum absolute atomic E-state index is 13.5. The van der Waals surface area contributed by atoms with E-state index in [0.29, 0.717) is 19.5 Å². The summed E-state index contributed by atoms with van der Waals surface area (Å²) >= 11 is 0. The number of nitrogens with two attached hydrogens (primary N) is 1. The van der Waals surface area contributed by atoms with Crippen LogP contribution in [0.15, 0.2) is 97.1 Å². The van der Waals surface area contributed by atoms with Gasteiger partial charge in [-0.1, -0.05) is 91.7 Å². The Morgan fingerprint density at radius 2 is 1.56 bits per heavy atom. The minimum Gasteiger partial charge on any atom is -0.391 e. The van der Waals surface area contributed by atoms with Gasteiger partial charge in [0.25, 0.3) is 0 Å². The minimum atomic E-state index is -4.22. The molecule has 4 atom stereocenters. The van der Waals surface area contributed by atoms with Crippen molar-refractivity contribution >= 4 is 28.0 Å². The summed E-state index contributed by atoms with van der Waals surface area (Å²) in [6, 6.07) is 30.0. The van der Waals surface area contributed by atoms with E-state index in [9.17, 15) is 18.3 Å². The van der Waals surface area contributed by atoms with Gasteiger partial charge in [-0.05, 0) is 95.2 Å². The van der Waals surface area contributed by atoms with Gasteiger partial charge < -0.3 is 26.0 Å². The van der Waals surface area contributed by atoms with Crippen molar-refractivity contribution in [2.24, 2.45) is 0 Å². The number of hydrogen-bond donors (Lipinski definition) is 4. The lowest BCUT2D eigenvalue weighted by Crippen LogP contribution is -2.47. The highest BCUT2D eigenvalue weighted by Crippen LogP contribution is 2.48. The van der Waals surface area contributed by atoms with Gasteiger partial charge in [0.1, 0.15) is 11.9 Å². The molecule has 5 aromatic rings. The number of H-pyrrole nitrogens is 1. The first-order chi connectivity index (χ1) is 24.3. The molecule has 4 aromatic carbocycles. The number of halogens is 3. The van der Waals surface area contributed by atoms with Gasteiger partial charge in [-0.3, -0.25) is 0 Å². The molecule has 2 aliphatic heterocycles. The molecule has 2 aliphatic carbocycles. The lowest BCUT2D eigenvalue weighted by Gasteiger charge is -2.42. The van der Waals surface area contributed by atoms with Gasteiger partial charge in [0.05, 0.1) is 12.1 Å². The van der Waals surface area contributed by atoms with Crippen LogP contribution in [-0.4, -0.2) is 47.5 Å². The molecule has 2 fully saturated rings. The van der Waals surface area contributed by atoms with Gasteiger partial charge in [0, 0.05) is 35.2 Å². The predicted octanol–water partition coefficient (Wildman–Crippen LogP) is 8.96. The zero-order valence-corrected chi connectivity index (χ0v) is 28.0. The van der Waals surface area contributed by atoms with Gasteiger partial charge in [-0.2, -0.15) is 13.2 Å². The molecular weight excluding hydrogens is 633 g/mol. The molecule has 3 heterocycles. The van der Waals surface area contributed by atoms with E-state index in [4.69, 9.17) is 5.73 Å². The fourth-order valence-electron chi connectivity index (χ4n) is 8.74. The van der Waals surface area contributed by atoms with Gasteiger partial charge in [-0.15, -0.1) is 0 Å². The molecule has 1 aromatic heterocycles. The molecule has 0 amide bonds. The number of benzene rings is 4. The van der Waals surface area contributed by atoms with Crippen LogP contribution in [0, 0.1) is 0 Å². The molecule has 5 nitrogen and oxygen atoms in total. The third-order valence-electron chi connectivity index (χ3n) is 11.2. The molecule has 8 heteroatoms. The van der Waals surface area contributed by atoms with E-state index >= 15 is 0 Å². The third-order valence-corrected chi connectivity index (χ3v) is 11.2. The molecule has 50 heavy (non-hydrogen) atoms. The first-order valence-corrected chi connectivity index (χ1v) is 17.9. The van der Waals surface area contributed by atoms with Crippen molar-refractivity contribution in [3.63, 3.8) is 0 Å². The molecule has 9 rings (SSSR count). The number of piperidine rings is 1. The number of nitrogens with zero attached hydrogens (tertiary/aromatic N) is 1. The highest BCUT2D eigenvalue weighted by atomic mass is 19.4. The first kappa shape index (κ1) is 32.7. The number of nitrogen functional groups attached to an aromatic ring is 1. The number of para-hydroxylation sites is 2. The van der Waals surface area contributed by atoms with Crippen LogP contribution in [0.5, 0.6) is 0 Å². The normalized spacial score (nSPS) is 23.0. The van der Waals surface area contributed by atoms with Gasteiger partial charge >= 0.3 is 6.18 Å². The molecule has 5 N–H and O–H groups in total.